The second kappa shape index (κ2) is 5.39. The third-order valence-electron chi connectivity index (χ3n) is 2.41. The van der Waals surface area contributed by atoms with E-state index in [1.807, 2.05) is 0 Å². The number of amides is 1. The molecule has 0 radical (unpaired) electrons. The molecule has 0 aliphatic rings. The van der Waals surface area contributed by atoms with Crippen LogP contribution < -0.4 is 5.32 Å². The lowest BCUT2D eigenvalue weighted by Gasteiger charge is -2.11. The number of anilines is 1. The fraction of sp³-hybridized carbons (Fsp3) is 0.333. The number of hydrogen-bond acceptors (Lipinski definition) is 2. The molecule has 0 saturated carbocycles. The third-order valence-corrected chi connectivity index (χ3v) is 2.41. The Labute approximate surface area is 98.1 Å². The molecule has 1 rings (SSSR count). The number of nitrogens with one attached hydrogen (secondary N) is 1. The van der Waals surface area contributed by atoms with Gasteiger partial charge >= 0.3 is 0 Å². The molecule has 1 atom stereocenters. The van der Waals surface area contributed by atoms with Gasteiger partial charge in [0.15, 0.2) is 5.82 Å². The normalized spacial score (nSPS) is 11.7. The average Bonchev–Trinajstić information content (AvgIpc) is 2.31. The van der Waals surface area contributed by atoms with Gasteiger partial charge in [0.25, 0.3) is 0 Å². The van der Waals surface area contributed by atoms with Gasteiger partial charge in [-0.15, -0.1) is 0 Å². The maximum Gasteiger partial charge on any atom is 0.241 e. The first-order valence-electron chi connectivity index (χ1n) is 5.16. The molecule has 0 heterocycles. The zero-order valence-corrected chi connectivity index (χ0v) is 9.55. The van der Waals surface area contributed by atoms with Crippen molar-refractivity contribution >= 4 is 11.6 Å². The molecule has 0 spiro atoms. The average molecular weight is 238 g/mol. The van der Waals surface area contributed by atoms with Gasteiger partial charge < -0.3 is 5.32 Å². The second-order valence-corrected chi connectivity index (χ2v) is 3.63. The zero-order valence-electron chi connectivity index (χ0n) is 9.55. The van der Waals surface area contributed by atoms with Crippen LogP contribution in [0, 0.1) is 35.8 Å². The van der Waals surface area contributed by atoms with Crippen LogP contribution in [0.25, 0.3) is 0 Å². The van der Waals surface area contributed by atoms with E-state index in [0.29, 0.717) is 0 Å². The van der Waals surface area contributed by atoms with Crippen molar-refractivity contribution < 1.29 is 13.6 Å². The summed E-state index contributed by atoms with van der Waals surface area (Å²) in [6.45, 7) is 3.11. The molecule has 90 valence electrons. The topological polar surface area (TPSA) is 52.9 Å². The molecule has 17 heavy (non-hydrogen) atoms. The predicted octanol–water partition coefficient (Wildman–Crippen LogP) is 2.76. The van der Waals surface area contributed by atoms with E-state index in [-0.39, 0.29) is 12.0 Å². The molecule has 1 unspecified atom stereocenters. The number of rotatable bonds is 3. The Morgan fingerprint density at radius 2 is 2.18 bits per heavy atom. The Hall–Kier alpha value is -1.96. The van der Waals surface area contributed by atoms with E-state index < -0.39 is 29.1 Å². The summed E-state index contributed by atoms with van der Waals surface area (Å²) in [7, 11) is 0. The maximum absolute atomic E-state index is 13.6. The van der Waals surface area contributed by atoms with E-state index in [1.165, 1.54) is 13.0 Å². The molecule has 1 amide bonds. The van der Waals surface area contributed by atoms with Gasteiger partial charge in [0.05, 0.1) is 6.07 Å². The van der Waals surface area contributed by atoms with Crippen molar-refractivity contribution in [2.75, 3.05) is 5.32 Å². The summed E-state index contributed by atoms with van der Waals surface area (Å²) in [5.41, 5.74) is -0.268. The van der Waals surface area contributed by atoms with Gasteiger partial charge in [-0.3, -0.25) is 4.79 Å². The molecule has 0 aliphatic carbocycles. The van der Waals surface area contributed by atoms with Crippen molar-refractivity contribution in [1.29, 1.82) is 5.26 Å². The monoisotopic (exact) mass is 238 g/mol. The fourth-order valence-corrected chi connectivity index (χ4v) is 1.32. The van der Waals surface area contributed by atoms with Crippen molar-refractivity contribution in [3.8, 4) is 6.07 Å². The number of halogens is 2. The minimum Gasteiger partial charge on any atom is -0.320 e. The van der Waals surface area contributed by atoms with Gasteiger partial charge in [0, 0.05) is 0 Å². The highest BCUT2D eigenvalue weighted by Gasteiger charge is 2.19. The van der Waals surface area contributed by atoms with E-state index >= 15 is 0 Å². The molecular weight excluding hydrogens is 226 g/mol. The SMILES string of the molecule is CCC(C#N)C(=O)Nc1c(F)ccc(C)c1F. The number of hydrogen-bond donors (Lipinski definition) is 1. The van der Waals surface area contributed by atoms with E-state index in [1.54, 1.807) is 13.0 Å². The smallest absolute Gasteiger partial charge is 0.241 e. The highest BCUT2D eigenvalue weighted by Crippen LogP contribution is 2.22. The summed E-state index contributed by atoms with van der Waals surface area (Å²) in [6.07, 6.45) is 0.289. The van der Waals surface area contributed by atoms with E-state index in [9.17, 15) is 13.6 Å². The van der Waals surface area contributed by atoms with Crippen LogP contribution in [0.1, 0.15) is 18.9 Å². The van der Waals surface area contributed by atoms with Crippen molar-refractivity contribution in [2.45, 2.75) is 20.3 Å². The van der Waals surface area contributed by atoms with Crippen molar-refractivity contribution in [1.82, 2.24) is 0 Å². The Morgan fingerprint density at radius 1 is 1.53 bits per heavy atom. The number of carbonyl (C=O) groups is 1. The number of carbonyl (C=O) groups excluding carboxylic acids is 1. The van der Waals surface area contributed by atoms with Gasteiger partial charge in [-0.25, -0.2) is 8.78 Å². The molecule has 1 aromatic rings. The van der Waals surface area contributed by atoms with Gasteiger partial charge in [0.1, 0.15) is 17.4 Å². The van der Waals surface area contributed by atoms with Crippen LogP contribution in [-0.2, 0) is 4.79 Å². The first kappa shape index (κ1) is 13.1. The van der Waals surface area contributed by atoms with Crippen LogP contribution in [-0.4, -0.2) is 5.91 Å². The Bertz CT molecular complexity index is 480. The first-order chi connectivity index (χ1) is 8.01. The van der Waals surface area contributed by atoms with E-state index in [4.69, 9.17) is 5.26 Å². The zero-order chi connectivity index (χ0) is 13.0. The summed E-state index contributed by atoms with van der Waals surface area (Å²) < 4.78 is 26.9. The van der Waals surface area contributed by atoms with Crippen molar-refractivity contribution in [2.24, 2.45) is 5.92 Å². The Kier molecular flexibility index (Phi) is 4.16. The minimum absolute atomic E-state index is 0.228. The summed E-state index contributed by atoms with van der Waals surface area (Å²) in [4.78, 5) is 11.5. The minimum atomic E-state index is -0.908. The molecule has 0 saturated heterocycles. The van der Waals surface area contributed by atoms with Crippen LogP contribution in [0.3, 0.4) is 0 Å². The highest BCUT2D eigenvalue weighted by molar-refractivity contribution is 5.94. The maximum atomic E-state index is 13.6. The molecule has 1 N–H and O–H groups in total. The Morgan fingerprint density at radius 3 is 2.71 bits per heavy atom. The second-order valence-electron chi connectivity index (χ2n) is 3.63. The number of nitriles is 1. The first-order valence-corrected chi connectivity index (χ1v) is 5.16. The van der Waals surface area contributed by atoms with E-state index in [2.05, 4.69) is 5.32 Å². The fourth-order valence-electron chi connectivity index (χ4n) is 1.32. The molecule has 0 aliphatic heterocycles. The lowest BCUT2D eigenvalue weighted by Crippen LogP contribution is -2.22. The molecule has 0 aromatic heterocycles. The third kappa shape index (κ3) is 2.78. The molecule has 5 heteroatoms. The summed E-state index contributed by atoms with van der Waals surface area (Å²) in [5, 5.41) is 10.8. The predicted molar refractivity (Wildman–Crippen MR) is 59.1 cm³/mol. The van der Waals surface area contributed by atoms with Crippen molar-refractivity contribution in [3.63, 3.8) is 0 Å². The van der Waals surface area contributed by atoms with E-state index in [0.717, 1.165) is 6.07 Å². The summed E-state index contributed by atoms with van der Waals surface area (Å²) >= 11 is 0. The van der Waals surface area contributed by atoms with Gasteiger partial charge in [-0.2, -0.15) is 5.26 Å². The number of benzene rings is 1. The highest BCUT2D eigenvalue weighted by atomic mass is 19.1. The molecule has 0 fully saturated rings. The summed E-state index contributed by atoms with van der Waals surface area (Å²) in [5.74, 6) is -3.27. The lowest BCUT2D eigenvalue weighted by atomic mass is 10.1. The molecule has 3 nitrogen and oxygen atoms in total. The molecule has 0 bridgehead atoms. The summed E-state index contributed by atoms with van der Waals surface area (Å²) in [6, 6.07) is 4.12. The Balaban J connectivity index is 3.00. The molecule has 1 aromatic carbocycles. The van der Waals surface area contributed by atoms with Gasteiger partial charge in [-0.1, -0.05) is 13.0 Å². The quantitative estimate of drug-likeness (QED) is 0.880. The standard InChI is InChI=1S/C12H12F2N2O/c1-3-8(6-15)12(17)16-11-9(13)5-4-7(2)10(11)14/h4-5,8H,3H2,1-2H3,(H,16,17). The number of aryl methyl sites for hydroxylation is 1. The van der Waals surface area contributed by atoms with Gasteiger partial charge in [-0.05, 0) is 25.0 Å². The van der Waals surface area contributed by atoms with Crippen LogP contribution in [0.4, 0.5) is 14.5 Å². The molecular formula is C12H12F2N2O. The van der Waals surface area contributed by atoms with Gasteiger partial charge in [0.2, 0.25) is 5.91 Å². The lowest BCUT2D eigenvalue weighted by molar-refractivity contribution is -0.118. The largest absolute Gasteiger partial charge is 0.320 e. The van der Waals surface area contributed by atoms with Crippen LogP contribution >= 0.6 is 0 Å². The van der Waals surface area contributed by atoms with Crippen LogP contribution in [0.5, 0.6) is 0 Å². The van der Waals surface area contributed by atoms with Crippen molar-refractivity contribution in [3.05, 3.63) is 29.3 Å². The van der Waals surface area contributed by atoms with Crippen LogP contribution in [0.2, 0.25) is 0 Å². The van der Waals surface area contributed by atoms with Crippen LogP contribution in [0.15, 0.2) is 12.1 Å². The number of nitrogens with zero attached hydrogens (tertiary/aromatic N) is 1.